The van der Waals surface area contributed by atoms with Crippen LogP contribution >= 0.6 is 11.3 Å². The van der Waals surface area contributed by atoms with Crippen molar-refractivity contribution in [1.29, 1.82) is 0 Å². The van der Waals surface area contributed by atoms with E-state index in [1.54, 1.807) is 11.3 Å². The highest BCUT2D eigenvalue weighted by molar-refractivity contribution is 7.13. The van der Waals surface area contributed by atoms with Crippen LogP contribution < -0.4 is 11.1 Å². The van der Waals surface area contributed by atoms with E-state index >= 15 is 0 Å². The predicted octanol–water partition coefficient (Wildman–Crippen LogP) is 4.79. The molecule has 4 aromatic rings. The van der Waals surface area contributed by atoms with E-state index in [2.05, 4.69) is 52.1 Å². The van der Waals surface area contributed by atoms with Crippen molar-refractivity contribution in [2.24, 2.45) is 5.73 Å². The summed E-state index contributed by atoms with van der Waals surface area (Å²) in [5.74, 6) is 0.871. The third-order valence-electron chi connectivity index (χ3n) is 4.25. The van der Waals surface area contributed by atoms with Crippen LogP contribution in [0.3, 0.4) is 0 Å². The summed E-state index contributed by atoms with van der Waals surface area (Å²) < 4.78 is 0. The van der Waals surface area contributed by atoms with Gasteiger partial charge in [0.05, 0.1) is 11.2 Å². The number of anilines is 1. The Morgan fingerprint density at radius 2 is 1.85 bits per heavy atom. The summed E-state index contributed by atoms with van der Waals surface area (Å²) in [5.41, 5.74) is 9.74. The molecule has 0 unspecified atom stereocenters. The maximum absolute atomic E-state index is 5.54. The topological polar surface area (TPSA) is 63.8 Å². The number of nitrogens with two attached hydrogens (primary N) is 1. The van der Waals surface area contributed by atoms with E-state index in [1.807, 2.05) is 24.4 Å². The molecule has 0 amide bonds. The summed E-state index contributed by atoms with van der Waals surface area (Å²) in [6.45, 7) is 1.51. The number of nitrogens with zero attached hydrogens (tertiary/aromatic N) is 2. The van der Waals surface area contributed by atoms with Crippen molar-refractivity contribution >= 4 is 28.1 Å². The zero-order chi connectivity index (χ0) is 17.8. The van der Waals surface area contributed by atoms with Crippen LogP contribution in [0, 0.1) is 0 Å². The molecule has 4 rings (SSSR count). The van der Waals surface area contributed by atoms with Gasteiger partial charge in [0.15, 0.2) is 0 Å². The maximum Gasteiger partial charge on any atom is 0.126 e. The van der Waals surface area contributed by atoms with Crippen LogP contribution in [0.5, 0.6) is 0 Å². The standard InChI is InChI=1S/C21H20N4S/c22-10-2-11-23-21-9-8-17-14-24-18(13-19(17)25-21)15-4-6-16(7-5-15)20-3-1-12-26-20/h1,3-9,12-14H,2,10-11,22H2,(H,23,25). The summed E-state index contributed by atoms with van der Waals surface area (Å²) in [6, 6.07) is 18.8. The van der Waals surface area contributed by atoms with E-state index < -0.39 is 0 Å². The summed E-state index contributed by atoms with van der Waals surface area (Å²) in [5, 5.41) is 6.44. The molecule has 4 nitrogen and oxygen atoms in total. The number of aromatic nitrogens is 2. The second kappa shape index (κ2) is 7.64. The lowest BCUT2D eigenvalue weighted by Gasteiger charge is -2.07. The molecule has 0 spiro atoms. The minimum Gasteiger partial charge on any atom is -0.370 e. The molecule has 3 aromatic heterocycles. The molecule has 0 fully saturated rings. The van der Waals surface area contributed by atoms with Crippen molar-refractivity contribution < 1.29 is 0 Å². The highest BCUT2D eigenvalue weighted by atomic mass is 32.1. The van der Waals surface area contributed by atoms with Crippen molar-refractivity contribution in [3.8, 4) is 21.7 Å². The predicted molar refractivity (Wildman–Crippen MR) is 110 cm³/mol. The van der Waals surface area contributed by atoms with Crippen molar-refractivity contribution in [2.75, 3.05) is 18.4 Å². The number of nitrogens with one attached hydrogen (secondary N) is 1. The summed E-state index contributed by atoms with van der Waals surface area (Å²) in [6.07, 6.45) is 2.81. The molecular formula is C21H20N4S. The first-order chi connectivity index (χ1) is 12.8. The fraction of sp³-hybridized carbons (Fsp3) is 0.143. The summed E-state index contributed by atoms with van der Waals surface area (Å²) in [4.78, 5) is 10.6. The number of thiophene rings is 1. The van der Waals surface area contributed by atoms with Gasteiger partial charge in [0, 0.05) is 28.6 Å². The highest BCUT2D eigenvalue weighted by Gasteiger charge is 2.05. The van der Waals surface area contributed by atoms with Crippen LogP contribution in [0.1, 0.15) is 6.42 Å². The first kappa shape index (κ1) is 16.7. The van der Waals surface area contributed by atoms with Crippen LogP contribution in [0.2, 0.25) is 0 Å². The number of rotatable bonds is 6. The van der Waals surface area contributed by atoms with Gasteiger partial charge in [-0.2, -0.15) is 0 Å². The van der Waals surface area contributed by atoms with E-state index in [0.29, 0.717) is 6.54 Å². The van der Waals surface area contributed by atoms with Gasteiger partial charge in [-0.05, 0) is 48.2 Å². The lowest BCUT2D eigenvalue weighted by Crippen LogP contribution is -2.09. The zero-order valence-corrected chi connectivity index (χ0v) is 15.2. The van der Waals surface area contributed by atoms with Gasteiger partial charge in [-0.1, -0.05) is 30.3 Å². The Balaban J connectivity index is 1.61. The molecule has 0 atom stereocenters. The van der Waals surface area contributed by atoms with Crippen LogP contribution in [-0.4, -0.2) is 23.1 Å². The van der Waals surface area contributed by atoms with Gasteiger partial charge < -0.3 is 11.1 Å². The number of fused-ring (bicyclic) bond motifs is 1. The molecule has 130 valence electrons. The van der Waals surface area contributed by atoms with Crippen molar-refractivity contribution in [3.05, 3.63) is 66.2 Å². The largest absolute Gasteiger partial charge is 0.370 e. The monoisotopic (exact) mass is 360 g/mol. The van der Waals surface area contributed by atoms with Crippen LogP contribution in [0.15, 0.2) is 66.2 Å². The first-order valence-electron chi connectivity index (χ1n) is 8.68. The quantitative estimate of drug-likeness (QED) is 0.485. The normalized spacial score (nSPS) is 11.0. The molecule has 0 aliphatic heterocycles. The third-order valence-corrected chi connectivity index (χ3v) is 5.17. The van der Waals surface area contributed by atoms with Gasteiger partial charge >= 0.3 is 0 Å². The Bertz CT molecular complexity index is 994. The average Bonchev–Trinajstić information content (AvgIpc) is 3.23. The Morgan fingerprint density at radius 1 is 1.00 bits per heavy atom. The van der Waals surface area contributed by atoms with Gasteiger partial charge in [-0.25, -0.2) is 4.98 Å². The van der Waals surface area contributed by atoms with E-state index in [0.717, 1.165) is 40.9 Å². The molecule has 0 saturated carbocycles. The molecule has 3 heterocycles. The summed E-state index contributed by atoms with van der Waals surface area (Å²) >= 11 is 1.75. The van der Waals surface area contributed by atoms with Gasteiger partial charge in [0.1, 0.15) is 5.82 Å². The minimum absolute atomic E-state index is 0.677. The molecule has 0 aliphatic carbocycles. The zero-order valence-electron chi connectivity index (χ0n) is 14.4. The molecule has 0 radical (unpaired) electrons. The third kappa shape index (κ3) is 3.59. The van der Waals surface area contributed by atoms with Crippen LogP contribution in [0.4, 0.5) is 5.82 Å². The Morgan fingerprint density at radius 3 is 2.62 bits per heavy atom. The molecule has 3 N–H and O–H groups in total. The van der Waals surface area contributed by atoms with Crippen molar-refractivity contribution in [1.82, 2.24) is 9.97 Å². The number of hydrogen-bond acceptors (Lipinski definition) is 5. The fourth-order valence-electron chi connectivity index (χ4n) is 2.84. The minimum atomic E-state index is 0.677. The Hall–Kier alpha value is -2.76. The highest BCUT2D eigenvalue weighted by Crippen LogP contribution is 2.28. The molecule has 5 heteroatoms. The SMILES string of the molecule is NCCCNc1ccc2cnc(-c3ccc(-c4cccs4)cc3)cc2n1. The Kier molecular flexibility index (Phi) is 4.91. The van der Waals surface area contributed by atoms with Gasteiger partial charge in [-0.15, -0.1) is 11.3 Å². The molecule has 1 aromatic carbocycles. The van der Waals surface area contributed by atoms with Crippen LogP contribution in [-0.2, 0) is 0 Å². The first-order valence-corrected chi connectivity index (χ1v) is 9.56. The Labute approximate surface area is 156 Å². The number of benzene rings is 1. The summed E-state index contributed by atoms with van der Waals surface area (Å²) in [7, 11) is 0. The fourth-order valence-corrected chi connectivity index (χ4v) is 3.57. The van der Waals surface area contributed by atoms with Gasteiger partial charge in [-0.3, -0.25) is 4.98 Å². The lowest BCUT2D eigenvalue weighted by atomic mass is 10.1. The van der Waals surface area contributed by atoms with Gasteiger partial charge in [0.2, 0.25) is 0 Å². The van der Waals surface area contributed by atoms with E-state index in [1.165, 1.54) is 10.4 Å². The molecular weight excluding hydrogens is 340 g/mol. The van der Waals surface area contributed by atoms with Gasteiger partial charge in [0.25, 0.3) is 0 Å². The van der Waals surface area contributed by atoms with Crippen LogP contribution in [0.25, 0.3) is 32.6 Å². The molecule has 0 saturated heterocycles. The second-order valence-corrected chi connectivity index (χ2v) is 7.03. The number of pyridine rings is 2. The van der Waals surface area contributed by atoms with Crippen molar-refractivity contribution in [3.63, 3.8) is 0 Å². The second-order valence-electron chi connectivity index (χ2n) is 6.08. The molecule has 26 heavy (non-hydrogen) atoms. The van der Waals surface area contributed by atoms with E-state index in [-0.39, 0.29) is 0 Å². The lowest BCUT2D eigenvalue weighted by molar-refractivity contribution is 0.871. The van der Waals surface area contributed by atoms with Crippen molar-refractivity contribution in [2.45, 2.75) is 6.42 Å². The number of hydrogen-bond donors (Lipinski definition) is 2. The molecule has 0 aliphatic rings. The van der Waals surface area contributed by atoms with E-state index in [4.69, 9.17) is 10.7 Å². The average molecular weight is 360 g/mol. The maximum atomic E-state index is 5.54. The molecule has 0 bridgehead atoms. The van der Waals surface area contributed by atoms with E-state index in [9.17, 15) is 0 Å². The smallest absolute Gasteiger partial charge is 0.126 e.